The largest absolute Gasteiger partial charge is 0.461 e. The van der Waals surface area contributed by atoms with E-state index in [4.69, 9.17) is 16.3 Å². The van der Waals surface area contributed by atoms with Crippen LogP contribution in [0.15, 0.2) is 22.4 Å². The predicted octanol–water partition coefficient (Wildman–Crippen LogP) is 2.21. The quantitative estimate of drug-likeness (QED) is 0.529. The van der Waals surface area contributed by atoms with Crippen LogP contribution in [0.3, 0.4) is 0 Å². The molecule has 0 bridgehead atoms. The maximum absolute atomic E-state index is 13.7. The molecule has 0 saturated heterocycles. The van der Waals surface area contributed by atoms with Crippen molar-refractivity contribution in [2.24, 2.45) is 0 Å². The van der Waals surface area contributed by atoms with E-state index in [2.05, 4.69) is 15.1 Å². The molecule has 0 N–H and O–H groups in total. The number of pyridine rings is 1. The molecule has 0 aromatic carbocycles. The summed E-state index contributed by atoms with van der Waals surface area (Å²) in [6.07, 6.45) is 1.51. The summed E-state index contributed by atoms with van der Waals surface area (Å²) in [4.78, 5) is 32.2. The Labute approximate surface area is 137 Å². The summed E-state index contributed by atoms with van der Waals surface area (Å²) in [6.45, 7) is 1.67. The Morgan fingerprint density at radius 3 is 2.96 bits per heavy atom. The molecule has 0 fully saturated rings. The first-order valence-electron chi connectivity index (χ1n) is 6.39. The number of esters is 1. The zero-order valence-corrected chi connectivity index (χ0v) is 13.2. The van der Waals surface area contributed by atoms with Gasteiger partial charge in [-0.2, -0.15) is 9.78 Å². The number of carbonyl (C=O) groups excluding carboxylic acids is 1. The Hall–Kier alpha value is -2.39. The molecule has 10 heteroatoms. The van der Waals surface area contributed by atoms with Crippen molar-refractivity contribution in [2.45, 2.75) is 6.92 Å². The lowest BCUT2D eigenvalue weighted by molar-refractivity contribution is 0.0516. The van der Waals surface area contributed by atoms with Crippen molar-refractivity contribution in [1.29, 1.82) is 0 Å². The Kier molecular flexibility index (Phi) is 4.05. The third kappa shape index (κ3) is 2.68. The molecule has 0 aliphatic carbocycles. The van der Waals surface area contributed by atoms with E-state index in [9.17, 15) is 14.0 Å². The highest BCUT2D eigenvalue weighted by Crippen LogP contribution is 2.20. The van der Waals surface area contributed by atoms with Crippen molar-refractivity contribution >= 4 is 39.9 Å². The third-order valence-electron chi connectivity index (χ3n) is 2.84. The molecule has 0 saturated carbocycles. The predicted molar refractivity (Wildman–Crippen MR) is 81.7 cm³/mol. The van der Waals surface area contributed by atoms with Gasteiger partial charge in [0.05, 0.1) is 12.0 Å². The summed E-state index contributed by atoms with van der Waals surface area (Å²) in [7, 11) is 0. The maximum Gasteiger partial charge on any atom is 0.362 e. The fourth-order valence-corrected chi connectivity index (χ4v) is 2.62. The summed E-state index contributed by atoms with van der Waals surface area (Å²) in [5.41, 5.74) is -1.25. The van der Waals surface area contributed by atoms with Crippen LogP contribution in [-0.4, -0.2) is 32.3 Å². The molecule has 0 spiro atoms. The van der Waals surface area contributed by atoms with Crippen LogP contribution in [0.4, 0.5) is 4.39 Å². The molecular weight excluding hydrogens is 347 g/mol. The zero-order valence-electron chi connectivity index (χ0n) is 11.6. The second kappa shape index (κ2) is 6.01. The number of fused-ring (bicyclic) bond motifs is 1. The van der Waals surface area contributed by atoms with Gasteiger partial charge in [-0.1, -0.05) is 11.6 Å². The Bertz CT molecular complexity index is 958. The van der Waals surface area contributed by atoms with Crippen molar-refractivity contribution in [3.63, 3.8) is 0 Å². The highest BCUT2D eigenvalue weighted by Gasteiger charge is 2.22. The van der Waals surface area contributed by atoms with Crippen molar-refractivity contribution in [1.82, 2.24) is 19.7 Å². The van der Waals surface area contributed by atoms with E-state index in [1.54, 1.807) is 12.3 Å². The monoisotopic (exact) mass is 354 g/mol. The van der Waals surface area contributed by atoms with Gasteiger partial charge in [-0.3, -0.25) is 4.79 Å². The van der Waals surface area contributed by atoms with E-state index in [1.165, 1.54) is 22.2 Å². The average molecular weight is 355 g/mol. The van der Waals surface area contributed by atoms with Gasteiger partial charge in [-0.25, -0.2) is 19.2 Å². The lowest BCUT2D eigenvalue weighted by Crippen LogP contribution is -2.24. The van der Waals surface area contributed by atoms with Crippen LogP contribution < -0.4 is 5.43 Å². The van der Waals surface area contributed by atoms with E-state index < -0.39 is 28.1 Å². The van der Waals surface area contributed by atoms with E-state index in [1.807, 2.05) is 0 Å². The van der Waals surface area contributed by atoms with Crippen LogP contribution in [0.2, 0.25) is 5.15 Å². The molecule has 0 aliphatic rings. The number of aromatic nitrogens is 4. The lowest BCUT2D eigenvalue weighted by Gasteiger charge is -2.09. The van der Waals surface area contributed by atoms with Crippen molar-refractivity contribution in [3.8, 4) is 5.13 Å². The maximum atomic E-state index is 13.7. The second-order valence-corrected chi connectivity index (χ2v) is 5.49. The number of thiazole rings is 1. The Balaban J connectivity index is 2.40. The minimum absolute atomic E-state index is 0.00407. The van der Waals surface area contributed by atoms with Crippen molar-refractivity contribution in [3.05, 3.63) is 44.5 Å². The van der Waals surface area contributed by atoms with Crippen LogP contribution in [0.1, 0.15) is 17.4 Å². The highest BCUT2D eigenvalue weighted by atomic mass is 35.5. The molecule has 23 heavy (non-hydrogen) atoms. The van der Waals surface area contributed by atoms with Crippen LogP contribution in [0.25, 0.3) is 16.2 Å². The molecule has 0 unspecified atom stereocenters. The van der Waals surface area contributed by atoms with Crippen molar-refractivity contribution < 1.29 is 13.9 Å². The second-order valence-electron chi connectivity index (χ2n) is 4.26. The molecule has 118 valence electrons. The Morgan fingerprint density at radius 2 is 2.30 bits per heavy atom. The number of nitrogens with zero attached hydrogens (tertiary/aromatic N) is 4. The van der Waals surface area contributed by atoms with Gasteiger partial charge in [0.25, 0.3) is 0 Å². The average Bonchev–Trinajstić information content (AvgIpc) is 3.04. The number of rotatable bonds is 3. The summed E-state index contributed by atoms with van der Waals surface area (Å²) in [5.74, 6) is -1.77. The molecule has 3 aromatic rings. The number of carbonyl (C=O) groups is 1. The minimum Gasteiger partial charge on any atom is -0.461 e. The van der Waals surface area contributed by atoms with Crippen LogP contribution in [0, 0.1) is 5.82 Å². The number of ether oxygens (including phenoxy) is 1. The van der Waals surface area contributed by atoms with Crippen LogP contribution in [-0.2, 0) is 4.74 Å². The summed E-state index contributed by atoms with van der Waals surface area (Å²) in [5, 5.41) is 5.44. The lowest BCUT2D eigenvalue weighted by atomic mass is 10.2. The van der Waals surface area contributed by atoms with E-state index >= 15 is 0 Å². The van der Waals surface area contributed by atoms with E-state index in [0.717, 1.165) is 6.07 Å². The first kappa shape index (κ1) is 15.5. The molecule has 0 aliphatic heterocycles. The van der Waals surface area contributed by atoms with Gasteiger partial charge in [0, 0.05) is 11.6 Å². The zero-order chi connectivity index (χ0) is 16.6. The van der Waals surface area contributed by atoms with Gasteiger partial charge in [-0.15, -0.1) is 11.3 Å². The molecule has 0 radical (unpaired) electrons. The molecular formula is C13H8ClFN4O3S. The standard InChI is InChI=1S/C13H8ClFN4O3S/c1-2-22-12(21)8-9(20)6-5-7(15)10(14)17-11(6)19(18-8)13-16-3-4-23-13/h3-5H,2H2,1H3. The summed E-state index contributed by atoms with van der Waals surface area (Å²) in [6, 6.07) is 0.918. The summed E-state index contributed by atoms with van der Waals surface area (Å²) >= 11 is 6.89. The topological polar surface area (TPSA) is 87.0 Å². The van der Waals surface area contributed by atoms with Gasteiger partial charge in [0.1, 0.15) is 0 Å². The van der Waals surface area contributed by atoms with Crippen molar-refractivity contribution in [2.75, 3.05) is 6.61 Å². The number of hydrogen-bond donors (Lipinski definition) is 0. The molecule has 0 amide bonds. The SMILES string of the molecule is CCOC(=O)c1nn(-c2nccs2)c2nc(Cl)c(F)cc2c1=O. The normalized spacial score (nSPS) is 10.9. The summed E-state index contributed by atoms with van der Waals surface area (Å²) < 4.78 is 19.7. The van der Waals surface area contributed by atoms with Crippen LogP contribution >= 0.6 is 22.9 Å². The van der Waals surface area contributed by atoms with Gasteiger partial charge in [-0.05, 0) is 13.0 Å². The first-order valence-corrected chi connectivity index (χ1v) is 7.64. The van der Waals surface area contributed by atoms with Gasteiger partial charge >= 0.3 is 5.97 Å². The van der Waals surface area contributed by atoms with Crippen LogP contribution in [0.5, 0.6) is 0 Å². The molecule has 3 rings (SSSR count). The molecule has 7 nitrogen and oxygen atoms in total. The van der Waals surface area contributed by atoms with Gasteiger partial charge in [0.15, 0.2) is 16.6 Å². The highest BCUT2D eigenvalue weighted by molar-refractivity contribution is 7.12. The number of hydrogen-bond acceptors (Lipinski definition) is 7. The minimum atomic E-state index is -0.903. The third-order valence-corrected chi connectivity index (χ3v) is 3.85. The molecule has 3 heterocycles. The van der Waals surface area contributed by atoms with E-state index in [-0.39, 0.29) is 17.6 Å². The Morgan fingerprint density at radius 1 is 1.52 bits per heavy atom. The fraction of sp³-hybridized carbons (Fsp3) is 0.154. The first-order chi connectivity index (χ1) is 11.0. The fourth-order valence-electron chi connectivity index (χ4n) is 1.89. The van der Waals surface area contributed by atoms with Gasteiger partial charge < -0.3 is 4.74 Å². The van der Waals surface area contributed by atoms with Gasteiger partial charge in [0.2, 0.25) is 16.3 Å². The number of halogens is 2. The van der Waals surface area contributed by atoms with E-state index in [0.29, 0.717) is 5.13 Å². The smallest absolute Gasteiger partial charge is 0.362 e. The molecule has 3 aromatic heterocycles. The molecule has 0 atom stereocenters.